The highest BCUT2D eigenvalue weighted by atomic mass is 35.5. The van der Waals surface area contributed by atoms with E-state index in [2.05, 4.69) is 56.1 Å². The lowest BCUT2D eigenvalue weighted by Crippen LogP contribution is -3.00. The molecule has 4 aromatic rings. The molecule has 48 heavy (non-hydrogen) atoms. The van der Waals surface area contributed by atoms with Gasteiger partial charge in [-0.15, -0.1) is 0 Å². The monoisotopic (exact) mass is 692 g/mol. The van der Waals surface area contributed by atoms with Crippen molar-refractivity contribution in [2.45, 2.75) is 31.7 Å². The molecule has 0 saturated heterocycles. The maximum atomic E-state index is 11.6. The molecule has 1 atom stereocenters. The maximum Gasteiger partial charge on any atom is 0.211 e. The molecule has 0 spiro atoms. The third-order valence-electron chi connectivity index (χ3n) is 9.94. The lowest BCUT2D eigenvalue weighted by Gasteiger charge is -2.43. The zero-order chi connectivity index (χ0) is 32.2. The second-order valence-electron chi connectivity index (χ2n) is 13.1. The van der Waals surface area contributed by atoms with Crippen molar-refractivity contribution in [3.63, 3.8) is 0 Å². The van der Waals surface area contributed by atoms with Gasteiger partial charge in [0.2, 0.25) is 5.75 Å². The topological polar surface area (TPSA) is 69.4 Å². The molecule has 8 rings (SSSR count). The Morgan fingerprint density at radius 2 is 1.60 bits per heavy atom. The maximum absolute atomic E-state index is 11.6. The summed E-state index contributed by atoms with van der Waals surface area (Å²) in [5.74, 6) is 4.17. The van der Waals surface area contributed by atoms with Gasteiger partial charge in [-0.05, 0) is 59.2 Å². The van der Waals surface area contributed by atoms with Crippen molar-refractivity contribution in [2.24, 2.45) is 0 Å². The van der Waals surface area contributed by atoms with Crippen LogP contribution in [-0.2, 0) is 25.7 Å². The van der Waals surface area contributed by atoms with Gasteiger partial charge in [0, 0.05) is 36.0 Å². The lowest BCUT2D eigenvalue weighted by molar-refractivity contribution is -0.923. The molecule has 4 aliphatic rings. The molecule has 0 amide bonds. The van der Waals surface area contributed by atoms with Crippen molar-refractivity contribution in [2.75, 3.05) is 55.6 Å². The van der Waals surface area contributed by atoms with Gasteiger partial charge in [0.1, 0.15) is 25.4 Å². The van der Waals surface area contributed by atoms with E-state index in [1.165, 1.54) is 5.56 Å². The van der Waals surface area contributed by atoms with Crippen molar-refractivity contribution in [3.05, 3.63) is 94.0 Å². The molecule has 0 aliphatic carbocycles. The van der Waals surface area contributed by atoms with E-state index in [4.69, 9.17) is 23.7 Å². The van der Waals surface area contributed by atoms with Crippen LogP contribution in [0.15, 0.2) is 60.7 Å². The number of benzene rings is 4. The smallest absolute Gasteiger partial charge is 0.211 e. The molecule has 0 aromatic heterocycles. The zero-order valence-electron chi connectivity index (χ0n) is 28.2. The van der Waals surface area contributed by atoms with Crippen molar-refractivity contribution in [1.29, 1.82) is 0 Å². The first-order valence-electron chi connectivity index (χ1n) is 15.8. The normalized spacial score (nSPS) is 17.2. The summed E-state index contributed by atoms with van der Waals surface area (Å²) >= 11 is 0. The quantitative estimate of drug-likeness (QED) is 0.249. The van der Waals surface area contributed by atoms with Crippen LogP contribution in [0, 0.1) is 0 Å². The highest BCUT2D eigenvalue weighted by molar-refractivity contribution is 6.01. The Morgan fingerprint density at radius 3 is 2.35 bits per heavy atom. The molecule has 4 aliphatic heterocycles. The van der Waals surface area contributed by atoms with Gasteiger partial charge in [0.15, 0.2) is 40.2 Å². The van der Waals surface area contributed by atoms with Gasteiger partial charge in [-0.3, -0.25) is 0 Å². The number of halogens is 2. The summed E-state index contributed by atoms with van der Waals surface area (Å²) in [6, 6.07) is 20.5. The number of likely N-dealkylation sites (N-methyl/N-ethyl adjacent to an activating group) is 2. The fraction of sp³-hybridized carbons (Fsp3) is 0.342. The van der Waals surface area contributed by atoms with Crippen molar-refractivity contribution in [3.8, 4) is 46.0 Å². The van der Waals surface area contributed by atoms with Crippen molar-refractivity contribution in [1.82, 2.24) is 0 Å². The predicted octanol–water partition coefficient (Wildman–Crippen LogP) is 0.471. The van der Waals surface area contributed by atoms with E-state index < -0.39 is 0 Å². The molecule has 0 unspecified atom stereocenters. The number of ether oxygens (including phenoxy) is 5. The summed E-state index contributed by atoms with van der Waals surface area (Å²) in [5, 5.41) is 11.6. The number of phenols is 1. The van der Waals surface area contributed by atoms with Crippen molar-refractivity contribution < 1.29 is 62.7 Å². The third kappa shape index (κ3) is 6.25. The van der Waals surface area contributed by atoms with Crippen LogP contribution in [0.2, 0.25) is 0 Å². The van der Waals surface area contributed by atoms with Crippen LogP contribution in [0.4, 0.5) is 0 Å². The minimum absolute atomic E-state index is 0. The molecular weight excluding hydrogens is 651 g/mol. The van der Waals surface area contributed by atoms with E-state index in [1.54, 1.807) is 21.3 Å². The Morgan fingerprint density at radius 1 is 0.833 bits per heavy atom. The van der Waals surface area contributed by atoms with Gasteiger partial charge in [-0.1, -0.05) is 18.2 Å². The standard InChI is InChI=1S/C38H41N2O6.2ClH/c1-39-14-12-25-20-34(43-5)36-22-28(25)30(39)17-24-10-11-33(42-4)35(19-24)45-26-9-7-8-23(16-26)18-31-29-21-32(41)38(46-36)37(44-6)27(29)13-15-40(31,2)3;;/h7-11,16,19-22,31H,12-15,17-18H2,1-6H3;2*1H/q+1;;/p-1/t31-;;/m0../s1. The van der Waals surface area contributed by atoms with Gasteiger partial charge in [-0.2, -0.15) is 0 Å². The average molecular weight is 694 g/mol. The number of nitrogens with zero attached hydrogens (tertiary/aromatic N) is 2. The van der Waals surface area contributed by atoms with E-state index in [0.717, 1.165) is 76.1 Å². The lowest BCUT2D eigenvalue weighted by atomic mass is 9.86. The fourth-order valence-electron chi connectivity index (χ4n) is 7.32. The molecule has 0 radical (unpaired) electrons. The van der Waals surface area contributed by atoms with Gasteiger partial charge in [-0.25, -0.2) is 4.58 Å². The average Bonchev–Trinajstić information content (AvgIpc) is 3.04. The number of fused-ring (bicyclic) bond motifs is 1. The van der Waals surface area contributed by atoms with E-state index in [1.807, 2.05) is 30.3 Å². The first-order valence-corrected chi connectivity index (χ1v) is 15.8. The number of hydrogen-bond donors (Lipinski definition) is 1. The Bertz CT molecular complexity index is 1890. The van der Waals surface area contributed by atoms with Gasteiger partial charge in [0.05, 0.1) is 48.4 Å². The zero-order valence-corrected chi connectivity index (χ0v) is 29.7. The van der Waals surface area contributed by atoms with Crippen molar-refractivity contribution >= 4 is 5.71 Å². The number of rotatable bonds is 3. The van der Waals surface area contributed by atoms with Crippen LogP contribution in [0.3, 0.4) is 0 Å². The summed E-state index contributed by atoms with van der Waals surface area (Å²) in [6.07, 6.45) is 3.10. The Balaban J connectivity index is 0.00000225. The number of hydrogen-bond acceptors (Lipinski definition) is 6. The van der Waals surface area contributed by atoms with E-state index >= 15 is 0 Å². The molecule has 8 nitrogen and oxygen atoms in total. The summed E-state index contributed by atoms with van der Waals surface area (Å²) in [6.45, 7) is 1.79. The number of phenolic OH excluding ortho intramolecular Hbond substituents is 1. The predicted molar refractivity (Wildman–Crippen MR) is 177 cm³/mol. The molecule has 4 aromatic carbocycles. The van der Waals surface area contributed by atoms with Crippen LogP contribution in [-0.4, -0.2) is 75.4 Å². The second kappa shape index (κ2) is 13.8. The Kier molecular flexibility index (Phi) is 10.1. The van der Waals surface area contributed by atoms with Crippen LogP contribution in [0.25, 0.3) is 0 Å². The molecule has 4 heterocycles. The van der Waals surface area contributed by atoms with E-state index in [9.17, 15) is 5.11 Å². The minimum atomic E-state index is 0. The summed E-state index contributed by atoms with van der Waals surface area (Å²) in [7, 11) is 11.6. The fourth-order valence-corrected chi connectivity index (χ4v) is 7.32. The second-order valence-corrected chi connectivity index (χ2v) is 13.1. The molecule has 0 fully saturated rings. The SMILES string of the molecule is COc1ccc2cc1Oc1cccc(c1)C[C@H]1c3cc(O)c(c(OC)c3CC[N+]1(C)C)Oc1cc3c(cc1OC)CC[N+](C)=C3C2.[Cl-].[Cl-]. The molecular formula is C38H42Cl2N2O6. The molecule has 10 bridgehead atoms. The van der Waals surface area contributed by atoms with Gasteiger partial charge < -0.3 is 58.1 Å². The first-order chi connectivity index (χ1) is 22.2. The van der Waals surface area contributed by atoms with Crippen LogP contribution >= 0.6 is 0 Å². The van der Waals surface area contributed by atoms with Crippen LogP contribution < -0.4 is 48.5 Å². The third-order valence-corrected chi connectivity index (χ3v) is 9.94. The first kappa shape index (κ1) is 35.2. The van der Waals surface area contributed by atoms with E-state index in [0.29, 0.717) is 40.9 Å². The molecule has 10 heteroatoms. The van der Waals surface area contributed by atoms with Gasteiger partial charge in [0.25, 0.3) is 0 Å². The summed E-state index contributed by atoms with van der Waals surface area (Å²) in [5.41, 5.74) is 7.80. The molecule has 1 N–H and O–H groups in total. The number of aromatic hydroxyl groups is 1. The van der Waals surface area contributed by atoms with Crippen LogP contribution in [0.1, 0.15) is 39.4 Å². The van der Waals surface area contributed by atoms with E-state index in [-0.39, 0.29) is 36.6 Å². The minimum Gasteiger partial charge on any atom is -1.00 e. The van der Waals surface area contributed by atoms with Crippen LogP contribution in [0.5, 0.6) is 46.0 Å². The van der Waals surface area contributed by atoms with Gasteiger partial charge >= 0.3 is 0 Å². The molecule has 254 valence electrons. The Labute approximate surface area is 294 Å². The summed E-state index contributed by atoms with van der Waals surface area (Å²) in [4.78, 5) is 0. The Hall–Kier alpha value is -4.11. The highest BCUT2D eigenvalue weighted by Gasteiger charge is 2.39. The highest BCUT2D eigenvalue weighted by Crippen LogP contribution is 2.51. The number of quaternary nitrogens is 1. The molecule has 0 saturated carbocycles. The number of methoxy groups -OCH3 is 3. The largest absolute Gasteiger partial charge is 1.00 e. The summed E-state index contributed by atoms with van der Waals surface area (Å²) < 4.78 is 33.8.